The number of nitrogens with zero attached hydrogens (tertiary/aromatic N) is 4. The van der Waals surface area contributed by atoms with E-state index in [1.165, 1.54) is 0 Å². The normalized spacial score (nSPS) is 10.8. The van der Waals surface area contributed by atoms with Crippen molar-refractivity contribution in [2.24, 2.45) is 0 Å². The van der Waals surface area contributed by atoms with Gasteiger partial charge >= 0.3 is 0 Å². The number of aromatic nitrogens is 6. The first-order valence-corrected chi connectivity index (χ1v) is 9.98. The van der Waals surface area contributed by atoms with Crippen molar-refractivity contribution < 1.29 is 9.47 Å². The van der Waals surface area contributed by atoms with Crippen LogP contribution in [0.3, 0.4) is 0 Å². The van der Waals surface area contributed by atoms with E-state index in [0.717, 1.165) is 33.8 Å². The lowest BCUT2D eigenvalue weighted by molar-refractivity contribution is 0.414. The lowest BCUT2D eigenvalue weighted by Gasteiger charge is -2.01. The average Bonchev–Trinajstić information content (AvgIpc) is 3.55. The van der Waals surface area contributed by atoms with Crippen LogP contribution < -0.4 is 9.47 Å². The van der Waals surface area contributed by atoms with Crippen molar-refractivity contribution >= 4 is 0 Å². The highest BCUT2D eigenvalue weighted by Gasteiger charge is 2.12. The Balaban J connectivity index is 1.40. The first-order valence-electron chi connectivity index (χ1n) is 9.98. The fourth-order valence-corrected chi connectivity index (χ4v) is 3.33. The molecular weight excluding hydrogens is 404 g/mol. The number of methoxy groups -OCH3 is 2. The lowest BCUT2D eigenvalue weighted by atomic mass is 10.1. The third-order valence-corrected chi connectivity index (χ3v) is 5.08. The van der Waals surface area contributed by atoms with Crippen LogP contribution in [0.15, 0.2) is 72.8 Å². The van der Waals surface area contributed by atoms with Gasteiger partial charge in [0.1, 0.15) is 11.5 Å². The van der Waals surface area contributed by atoms with Gasteiger partial charge in [0.25, 0.3) is 0 Å². The van der Waals surface area contributed by atoms with E-state index in [1.807, 2.05) is 72.8 Å². The Morgan fingerprint density at radius 1 is 0.562 bits per heavy atom. The number of ether oxygens (including phenoxy) is 2. The molecule has 2 N–H and O–H groups in total. The molecular formula is C24H20N6O2. The van der Waals surface area contributed by atoms with Crippen LogP contribution in [-0.4, -0.2) is 44.6 Å². The van der Waals surface area contributed by atoms with E-state index in [4.69, 9.17) is 9.47 Å². The summed E-state index contributed by atoms with van der Waals surface area (Å²) in [7, 11) is 3.28. The summed E-state index contributed by atoms with van der Waals surface area (Å²) in [4.78, 5) is 9.29. The second-order valence-electron chi connectivity index (χ2n) is 7.05. The Morgan fingerprint density at radius 3 is 1.41 bits per heavy atom. The van der Waals surface area contributed by atoms with Crippen molar-refractivity contribution in [3.05, 3.63) is 72.8 Å². The quantitative estimate of drug-likeness (QED) is 0.413. The number of aromatic amines is 2. The largest absolute Gasteiger partial charge is 0.497 e. The minimum Gasteiger partial charge on any atom is -0.497 e. The van der Waals surface area contributed by atoms with Crippen molar-refractivity contribution in [1.82, 2.24) is 30.4 Å². The summed E-state index contributed by atoms with van der Waals surface area (Å²) in [6, 6.07) is 23.2. The van der Waals surface area contributed by atoms with Gasteiger partial charge in [-0.15, -0.1) is 0 Å². The third-order valence-electron chi connectivity index (χ3n) is 5.08. The zero-order valence-electron chi connectivity index (χ0n) is 17.5. The minimum atomic E-state index is 0.620. The molecule has 0 spiro atoms. The first-order chi connectivity index (χ1) is 15.7. The molecule has 0 atom stereocenters. The highest BCUT2D eigenvalue weighted by molar-refractivity contribution is 5.69. The Hall–Kier alpha value is -4.46. The van der Waals surface area contributed by atoms with Crippen LogP contribution in [-0.2, 0) is 0 Å². The van der Waals surface area contributed by atoms with E-state index in [0.29, 0.717) is 23.3 Å². The predicted octanol–water partition coefficient (Wildman–Crippen LogP) is 4.61. The molecule has 0 amide bonds. The van der Waals surface area contributed by atoms with Gasteiger partial charge in [-0.2, -0.15) is 10.2 Å². The zero-order valence-corrected chi connectivity index (χ0v) is 17.5. The molecule has 2 aromatic heterocycles. The standard InChI is InChI=1S/C24H20N6O2/c1-31-19-10-6-15(7-11-19)21-25-23(29-27-21)17-4-3-5-18(14-17)24-26-22(28-30-24)16-8-12-20(32-2)13-9-16/h3-14H,1-2H3,(H,25,27,29)(H,26,28,30). The summed E-state index contributed by atoms with van der Waals surface area (Å²) in [5.74, 6) is 4.17. The maximum absolute atomic E-state index is 5.21. The number of H-pyrrole nitrogens is 2. The van der Waals surface area contributed by atoms with Gasteiger partial charge in [0.05, 0.1) is 14.2 Å². The number of hydrogen-bond donors (Lipinski definition) is 2. The van der Waals surface area contributed by atoms with Gasteiger partial charge in [0, 0.05) is 22.3 Å². The van der Waals surface area contributed by atoms with Crippen molar-refractivity contribution in [2.75, 3.05) is 14.2 Å². The lowest BCUT2D eigenvalue weighted by Crippen LogP contribution is -1.86. The number of benzene rings is 3. The van der Waals surface area contributed by atoms with Gasteiger partial charge in [-0.05, 0) is 54.6 Å². The molecule has 158 valence electrons. The van der Waals surface area contributed by atoms with Crippen LogP contribution in [0.2, 0.25) is 0 Å². The van der Waals surface area contributed by atoms with Crippen molar-refractivity contribution in [3.8, 4) is 57.1 Å². The van der Waals surface area contributed by atoms with Gasteiger partial charge in [0.2, 0.25) is 0 Å². The second-order valence-corrected chi connectivity index (χ2v) is 7.05. The van der Waals surface area contributed by atoms with Crippen LogP contribution >= 0.6 is 0 Å². The Morgan fingerprint density at radius 2 is 1.00 bits per heavy atom. The van der Waals surface area contributed by atoms with E-state index >= 15 is 0 Å². The third kappa shape index (κ3) is 3.81. The van der Waals surface area contributed by atoms with Crippen molar-refractivity contribution in [3.63, 3.8) is 0 Å². The van der Waals surface area contributed by atoms with Gasteiger partial charge in [0.15, 0.2) is 23.3 Å². The molecule has 3 aromatic carbocycles. The number of hydrogen-bond acceptors (Lipinski definition) is 6. The zero-order chi connectivity index (χ0) is 21.9. The van der Waals surface area contributed by atoms with Crippen molar-refractivity contribution in [2.45, 2.75) is 0 Å². The van der Waals surface area contributed by atoms with E-state index < -0.39 is 0 Å². The average molecular weight is 424 g/mol. The summed E-state index contributed by atoms with van der Waals surface area (Å²) in [6.45, 7) is 0. The van der Waals surface area contributed by atoms with E-state index in [2.05, 4.69) is 30.4 Å². The number of rotatable bonds is 6. The predicted molar refractivity (Wildman–Crippen MR) is 121 cm³/mol. The van der Waals surface area contributed by atoms with E-state index in [-0.39, 0.29) is 0 Å². The molecule has 0 radical (unpaired) electrons. The molecule has 0 unspecified atom stereocenters. The first kappa shape index (κ1) is 19.5. The SMILES string of the molecule is COc1ccc(-c2n[nH]c(-c3cccc(-c4nc(-c5ccc(OC)cc5)n[nH]4)c3)n2)cc1. The molecule has 0 fully saturated rings. The van der Waals surface area contributed by atoms with Gasteiger partial charge < -0.3 is 9.47 Å². The molecule has 8 nitrogen and oxygen atoms in total. The molecule has 8 heteroatoms. The number of nitrogens with one attached hydrogen (secondary N) is 2. The highest BCUT2D eigenvalue weighted by atomic mass is 16.5. The van der Waals surface area contributed by atoms with Crippen LogP contribution in [0.4, 0.5) is 0 Å². The molecule has 5 rings (SSSR count). The summed E-state index contributed by atoms with van der Waals surface area (Å²) >= 11 is 0. The molecule has 0 aliphatic heterocycles. The summed E-state index contributed by atoms with van der Waals surface area (Å²) in [6.07, 6.45) is 0. The fraction of sp³-hybridized carbons (Fsp3) is 0.0833. The van der Waals surface area contributed by atoms with Crippen LogP contribution in [0.25, 0.3) is 45.6 Å². The fourth-order valence-electron chi connectivity index (χ4n) is 3.33. The second kappa shape index (κ2) is 8.35. The molecule has 2 heterocycles. The van der Waals surface area contributed by atoms with Crippen molar-refractivity contribution in [1.29, 1.82) is 0 Å². The molecule has 5 aromatic rings. The summed E-state index contributed by atoms with van der Waals surface area (Å²) in [5.41, 5.74) is 3.61. The van der Waals surface area contributed by atoms with Crippen LogP contribution in [0.5, 0.6) is 11.5 Å². The smallest absolute Gasteiger partial charge is 0.181 e. The molecule has 0 aliphatic rings. The molecule has 0 aliphatic carbocycles. The Bertz CT molecular complexity index is 1240. The topological polar surface area (TPSA) is 102 Å². The van der Waals surface area contributed by atoms with E-state index in [9.17, 15) is 0 Å². The molecule has 0 bridgehead atoms. The van der Waals surface area contributed by atoms with Gasteiger partial charge in [-0.3, -0.25) is 10.2 Å². The molecule has 32 heavy (non-hydrogen) atoms. The molecule has 0 saturated heterocycles. The van der Waals surface area contributed by atoms with E-state index in [1.54, 1.807) is 14.2 Å². The van der Waals surface area contributed by atoms with Gasteiger partial charge in [-0.1, -0.05) is 18.2 Å². The highest BCUT2D eigenvalue weighted by Crippen LogP contribution is 2.26. The van der Waals surface area contributed by atoms with Crippen LogP contribution in [0, 0.1) is 0 Å². The van der Waals surface area contributed by atoms with Crippen LogP contribution in [0.1, 0.15) is 0 Å². The minimum absolute atomic E-state index is 0.620. The maximum Gasteiger partial charge on any atom is 0.181 e. The summed E-state index contributed by atoms with van der Waals surface area (Å²) in [5, 5.41) is 14.7. The monoisotopic (exact) mass is 424 g/mol. The Labute approximate surface area is 184 Å². The van der Waals surface area contributed by atoms with Gasteiger partial charge in [-0.25, -0.2) is 9.97 Å². The summed E-state index contributed by atoms with van der Waals surface area (Å²) < 4.78 is 10.4. The molecule has 0 saturated carbocycles. The Kier molecular flexibility index (Phi) is 5.09. The maximum atomic E-state index is 5.21.